The van der Waals surface area contributed by atoms with E-state index in [0.29, 0.717) is 6.54 Å². The topological polar surface area (TPSA) is 70.6 Å². The molecule has 2 aromatic rings. The number of rotatable bonds is 5. The molecule has 1 aromatic carbocycles. The number of hydrogen-bond acceptors (Lipinski definition) is 6. The Labute approximate surface area is 154 Å². The molecular formula is C19H25N5O2. The van der Waals surface area contributed by atoms with E-state index in [0.717, 1.165) is 55.0 Å². The molecule has 0 unspecified atom stereocenters. The normalized spacial score (nSPS) is 14.3. The lowest BCUT2D eigenvalue weighted by Gasteiger charge is -2.35. The maximum Gasteiger partial charge on any atom is 0.219 e. The molecule has 1 amide bonds. The van der Waals surface area contributed by atoms with Crippen LogP contribution in [-0.4, -0.2) is 54.1 Å². The van der Waals surface area contributed by atoms with Gasteiger partial charge < -0.3 is 19.9 Å². The van der Waals surface area contributed by atoms with Crippen LogP contribution in [0, 0.1) is 6.92 Å². The van der Waals surface area contributed by atoms with Gasteiger partial charge in [0.2, 0.25) is 5.91 Å². The van der Waals surface area contributed by atoms with Crippen molar-refractivity contribution in [1.82, 2.24) is 14.9 Å². The Morgan fingerprint density at radius 2 is 1.92 bits per heavy atom. The first kappa shape index (κ1) is 18.0. The first-order chi connectivity index (χ1) is 12.6. The van der Waals surface area contributed by atoms with Crippen LogP contribution in [0.5, 0.6) is 5.75 Å². The summed E-state index contributed by atoms with van der Waals surface area (Å²) in [5, 5.41) is 3.36. The van der Waals surface area contributed by atoms with Crippen LogP contribution in [0.15, 0.2) is 30.3 Å². The summed E-state index contributed by atoms with van der Waals surface area (Å²) in [5.74, 6) is 3.38. The minimum atomic E-state index is 0.127. The fraction of sp³-hybridized carbons (Fsp3) is 0.421. The number of aryl methyl sites for hydroxylation is 1. The highest BCUT2D eigenvalue weighted by molar-refractivity contribution is 5.73. The zero-order valence-corrected chi connectivity index (χ0v) is 15.5. The Kier molecular flexibility index (Phi) is 5.55. The third-order valence-corrected chi connectivity index (χ3v) is 4.53. The van der Waals surface area contributed by atoms with Gasteiger partial charge >= 0.3 is 0 Å². The van der Waals surface area contributed by atoms with Crippen molar-refractivity contribution >= 4 is 17.5 Å². The Morgan fingerprint density at radius 3 is 2.62 bits per heavy atom. The molecule has 2 heterocycles. The number of piperazine rings is 1. The Morgan fingerprint density at radius 1 is 1.19 bits per heavy atom. The lowest BCUT2D eigenvalue weighted by atomic mass is 10.2. The van der Waals surface area contributed by atoms with Gasteiger partial charge in [-0.2, -0.15) is 0 Å². The van der Waals surface area contributed by atoms with E-state index >= 15 is 0 Å². The maximum absolute atomic E-state index is 11.5. The highest BCUT2D eigenvalue weighted by Gasteiger charge is 2.20. The van der Waals surface area contributed by atoms with E-state index in [-0.39, 0.29) is 5.91 Å². The van der Waals surface area contributed by atoms with Gasteiger partial charge in [-0.05, 0) is 13.0 Å². The molecule has 1 aliphatic heterocycles. The summed E-state index contributed by atoms with van der Waals surface area (Å²) in [4.78, 5) is 24.6. The Balaban J connectivity index is 1.69. The lowest BCUT2D eigenvalue weighted by molar-refractivity contribution is -0.129. The number of methoxy groups -OCH3 is 1. The van der Waals surface area contributed by atoms with Crippen LogP contribution < -0.4 is 15.0 Å². The summed E-state index contributed by atoms with van der Waals surface area (Å²) in [6, 6.07) is 9.89. The molecule has 0 atom stereocenters. The molecule has 1 saturated heterocycles. The third-order valence-electron chi connectivity index (χ3n) is 4.53. The zero-order chi connectivity index (χ0) is 18.5. The van der Waals surface area contributed by atoms with Crippen molar-refractivity contribution in [2.24, 2.45) is 0 Å². The molecule has 0 radical (unpaired) electrons. The number of para-hydroxylation sites is 1. The second kappa shape index (κ2) is 8.03. The minimum Gasteiger partial charge on any atom is -0.496 e. The van der Waals surface area contributed by atoms with E-state index in [4.69, 9.17) is 4.74 Å². The average molecular weight is 355 g/mol. The number of ether oxygens (including phenoxy) is 1. The number of hydrogen-bond donors (Lipinski definition) is 1. The van der Waals surface area contributed by atoms with Gasteiger partial charge in [0.15, 0.2) is 0 Å². The van der Waals surface area contributed by atoms with Crippen LogP contribution in [0.4, 0.5) is 11.6 Å². The van der Waals surface area contributed by atoms with Gasteiger partial charge in [-0.25, -0.2) is 9.97 Å². The fourth-order valence-electron chi connectivity index (χ4n) is 3.09. The van der Waals surface area contributed by atoms with Crippen molar-refractivity contribution < 1.29 is 9.53 Å². The van der Waals surface area contributed by atoms with Crippen LogP contribution in [0.3, 0.4) is 0 Å². The molecule has 1 N–H and O–H groups in total. The summed E-state index contributed by atoms with van der Waals surface area (Å²) in [6.45, 7) is 7.14. The molecule has 0 bridgehead atoms. The van der Waals surface area contributed by atoms with Gasteiger partial charge in [0.05, 0.1) is 7.11 Å². The molecular weight excluding hydrogens is 330 g/mol. The van der Waals surface area contributed by atoms with Gasteiger partial charge in [0.25, 0.3) is 0 Å². The monoisotopic (exact) mass is 355 g/mol. The summed E-state index contributed by atoms with van der Waals surface area (Å²) < 4.78 is 5.39. The number of amides is 1. The number of nitrogens with zero attached hydrogens (tertiary/aromatic N) is 4. The molecule has 1 aromatic heterocycles. The largest absolute Gasteiger partial charge is 0.496 e. The van der Waals surface area contributed by atoms with Crippen LogP contribution in [0.2, 0.25) is 0 Å². The van der Waals surface area contributed by atoms with E-state index in [2.05, 4.69) is 20.2 Å². The predicted octanol–water partition coefficient (Wildman–Crippen LogP) is 2.07. The van der Waals surface area contributed by atoms with E-state index < -0.39 is 0 Å². The van der Waals surface area contributed by atoms with Gasteiger partial charge in [0.1, 0.15) is 23.2 Å². The maximum atomic E-state index is 11.5. The fourth-order valence-corrected chi connectivity index (χ4v) is 3.09. The average Bonchev–Trinajstić information content (AvgIpc) is 2.66. The van der Waals surface area contributed by atoms with E-state index in [1.54, 1.807) is 14.0 Å². The number of carbonyl (C=O) groups excluding carboxylic acids is 1. The molecule has 26 heavy (non-hydrogen) atoms. The molecule has 138 valence electrons. The summed E-state index contributed by atoms with van der Waals surface area (Å²) >= 11 is 0. The van der Waals surface area contributed by atoms with Gasteiger partial charge in [0, 0.05) is 51.3 Å². The number of anilines is 2. The van der Waals surface area contributed by atoms with Crippen LogP contribution >= 0.6 is 0 Å². The molecule has 1 fully saturated rings. The standard InChI is InChI=1S/C19H25N5O2/c1-14-21-18(20-13-16-6-4-5-7-17(16)26-3)12-19(22-14)24-10-8-23(9-11-24)15(2)25/h4-7,12H,8-11,13H2,1-3H3,(H,20,21,22). The van der Waals surface area contributed by atoms with Gasteiger partial charge in [-0.3, -0.25) is 4.79 Å². The van der Waals surface area contributed by atoms with Crippen molar-refractivity contribution in [3.63, 3.8) is 0 Å². The first-order valence-electron chi connectivity index (χ1n) is 8.78. The summed E-state index contributed by atoms with van der Waals surface area (Å²) in [5.41, 5.74) is 1.07. The zero-order valence-electron chi connectivity index (χ0n) is 15.5. The smallest absolute Gasteiger partial charge is 0.219 e. The van der Waals surface area contributed by atoms with E-state index in [1.807, 2.05) is 42.2 Å². The highest BCUT2D eigenvalue weighted by Crippen LogP contribution is 2.21. The van der Waals surface area contributed by atoms with Crippen LogP contribution in [0.1, 0.15) is 18.3 Å². The number of benzene rings is 1. The van der Waals surface area contributed by atoms with Gasteiger partial charge in [-0.15, -0.1) is 0 Å². The summed E-state index contributed by atoms with van der Waals surface area (Å²) in [6.07, 6.45) is 0. The summed E-state index contributed by atoms with van der Waals surface area (Å²) in [7, 11) is 1.67. The molecule has 3 rings (SSSR count). The third kappa shape index (κ3) is 4.22. The quantitative estimate of drug-likeness (QED) is 0.885. The highest BCUT2D eigenvalue weighted by atomic mass is 16.5. The minimum absolute atomic E-state index is 0.127. The van der Waals surface area contributed by atoms with E-state index in [9.17, 15) is 4.79 Å². The first-order valence-corrected chi connectivity index (χ1v) is 8.78. The molecule has 0 spiro atoms. The Bertz CT molecular complexity index is 772. The number of carbonyl (C=O) groups is 1. The van der Waals surface area contributed by atoms with Crippen molar-refractivity contribution in [3.8, 4) is 5.75 Å². The van der Waals surface area contributed by atoms with Crippen molar-refractivity contribution in [3.05, 3.63) is 41.7 Å². The Hall–Kier alpha value is -2.83. The van der Waals surface area contributed by atoms with Crippen molar-refractivity contribution in [2.45, 2.75) is 20.4 Å². The SMILES string of the molecule is COc1ccccc1CNc1cc(N2CCN(C(C)=O)CC2)nc(C)n1. The lowest BCUT2D eigenvalue weighted by Crippen LogP contribution is -2.48. The number of nitrogens with one attached hydrogen (secondary N) is 1. The predicted molar refractivity (Wildman–Crippen MR) is 102 cm³/mol. The molecule has 7 nitrogen and oxygen atoms in total. The second-order valence-corrected chi connectivity index (χ2v) is 6.32. The molecule has 1 aliphatic rings. The van der Waals surface area contributed by atoms with Crippen LogP contribution in [0.25, 0.3) is 0 Å². The molecule has 0 aliphatic carbocycles. The van der Waals surface area contributed by atoms with Crippen LogP contribution in [-0.2, 0) is 11.3 Å². The van der Waals surface area contributed by atoms with Gasteiger partial charge in [-0.1, -0.05) is 18.2 Å². The van der Waals surface area contributed by atoms with E-state index in [1.165, 1.54) is 0 Å². The van der Waals surface area contributed by atoms with Crippen molar-refractivity contribution in [2.75, 3.05) is 43.5 Å². The number of aromatic nitrogens is 2. The molecule has 0 saturated carbocycles. The molecule has 7 heteroatoms. The second-order valence-electron chi connectivity index (χ2n) is 6.32. The van der Waals surface area contributed by atoms with Crippen molar-refractivity contribution in [1.29, 1.82) is 0 Å².